The fourth-order valence-corrected chi connectivity index (χ4v) is 2.44. The highest BCUT2D eigenvalue weighted by Gasteiger charge is 2.50. The van der Waals surface area contributed by atoms with Gasteiger partial charge in [-0.2, -0.15) is 0 Å². The molecule has 0 bridgehead atoms. The van der Waals surface area contributed by atoms with Crippen LogP contribution < -0.4 is 5.32 Å². The zero-order chi connectivity index (χ0) is 10.1. The van der Waals surface area contributed by atoms with Gasteiger partial charge in [-0.25, -0.2) is 0 Å². The summed E-state index contributed by atoms with van der Waals surface area (Å²) >= 11 is 0. The molecule has 1 saturated carbocycles. The Bertz CT molecular complexity index is 200. The molecule has 0 aliphatic heterocycles. The summed E-state index contributed by atoms with van der Waals surface area (Å²) in [4.78, 5) is 11.1. The molecule has 2 heteroatoms. The average Bonchev–Trinajstić information content (AvgIpc) is 2.30. The van der Waals surface area contributed by atoms with E-state index in [1.165, 1.54) is 6.42 Å². The third kappa shape index (κ3) is 1.52. The molecule has 0 spiro atoms. The smallest absolute Gasteiger partial charge is 0.126 e. The van der Waals surface area contributed by atoms with Crippen molar-refractivity contribution in [3.63, 3.8) is 0 Å². The molecule has 0 heterocycles. The minimum Gasteiger partial charge on any atom is -0.319 e. The lowest BCUT2D eigenvalue weighted by atomic mass is 9.66. The van der Waals surface area contributed by atoms with Gasteiger partial charge in [-0.05, 0) is 37.8 Å². The molecule has 2 unspecified atom stereocenters. The van der Waals surface area contributed by atoms with E-state index in [2.05, 4.69) is 26.1 Å². The summed E-state index contributed by atoms with van der Waals surface area (Å²) in [5.41, 5.74) is 0.0201. The molecular formula is C11H21NO. The van der Waals surface area contributed by atoms with Gasteiger partial charge in [0.25, 0.3) is 0 Å². The molecule has 0 aromatic carbocycles. The van der Waals surface area contributed by atoms with Crippen LogP contribution in [0.2, 0.25) is 0 Å². The van der Waals surface area contributed by atoms with Gasteiger partial charge >= 0.3 is 0 Å². The van der Waals surface area contributed by atoms with E-state index >= 15 is 0 Å². The third-order valence-corrected chi connectivity index (χ3v) is 4.22. The Hall–Kier alpha value is -0.370. The minimum absolute atomic E-state index is 0.117. The first-order chi connectivity index (χ1) is 5.98. The molecule has 0 aromatic heterocycles. The van der Waals surface area contributed by atoms with Crippen LogP contribution in [0, 0.1) is 16.7 Å². The topological polar surface area (TPSA) is 29.1 Å². The maximum Gasteiger partial charge on any atom is 0.126 e. The van der Waals surface area contributed by atoms with Gasteiger partial charge in [0.1, 0.15) is 6.29 Å². The van der Waals surface area contributed by atoms with Crippen molar-refractivity contribution in [2.45, 2.75) is 33.6 Å². The lowest BCUT2D eigenvalue weighted by molar-refractivity contribution is -0.120. The van der Waals surface area contributed by atoms with Crippen molar-refractivity contribution in [1.29, 1.82) is 0 Å². The second-order valence-corrected chi connectivity index (χ2v) is 5.05. The predicted molar refractivity (Wildman–Crippen MR) is 54.6 cm³/mol. The maximum absolute atomic E-state index is 11.1. The quantitative estimate of drug-likeness (QED) is 0.676. The van der Waals surface area contributed by atoms with Gasteiger partial charge in [0.15, 0.2) is 0 Å². The van der Waals surface area contributed by atoms with E-state index in [0.29, 0.717) is 5.92 Å². The van der Waals surface area contributed by atoms with E-state index in [0.717, 1.165) is 19.3 Å². The van der Waals surface area contributed by atoms with Gasteiger partial charge < -0.3 is 10.1 Å². The summed E-state index contributed by atoms with van der Waals surface area (Å²) in [6.07, 6.45) is 3.36. The van der Waals surface area contributed by atoms with Crippen molar-refractivity contribution in [3.8, 4) is 0 Å². The molecule has 0 saturated heterocycles. The summed E-state index contributed by atoms with van der Waals surface area (Å²) < 4.78 is 0. The molecule has 76 valence electrons. The van der Waals surface area contributed by atoms with Crippen LogP contribution in [0.1, 0.15) is 33.6 Å². The minimum atomic E-state index is -0.117. The Labute approximate surface area is 81.1 Å². The van der Waals surface area contributed by atoms with Crippen molar-refractivity contribution in [1.82, 2.24) is 5.32 Å². The lowest BCUT2D eigenvalue weighted by Gasteiger charge is -2.37. The summed E-state index contributed by atoms with van der Waals surface area (Å²) in [5, 5.41) is 3.21. The molecule has 1 rings (SSSR count). The number of aldehydes is 1. The second kappa shape index (κ2) is 3.41. The summed E-state index contributed by atoms with van der Waals surface area (Å²) in [6, 6.07) is 0. The Kier molecular flexibility index (Phi) is 2.81. The van der Waals surface area contributed by atoms with E-state index in [4.69, 9.17) is 0 Å². The van der Waals surface area contributed by atoms with Crippen LogP contribution in [-0.4, -0.2) is 19.9 Å². The van der Waals surface area contributed by atoms with Crippen molar-refractivity contribution in [2.75, 3.05) is 13.6 Å². The van der Waals surface area contributed by atoms with Crippen LogP contribution in [0.4, 0.5) is 0 Å². The molecule has 1 N–H and O–H groups in total. The Morgan fingerprint density at radius 1 is 1.46 bits per heavy atom. The molecule has 0 aromatic rings. The van der Waals surface area contributed by atoms with E-state index in [1.54, 1.807) is 0 Å². The number of hydrogen-bond donors (Lipinski definition) is 1. The monoisotopic (exact) mass is 183 g/mol. The highest BCUT2D eigenvalue weighted by molar-refractivity contribution is 5.61. The summed E-state index contributed by atoms with van der Waals surface area (Å²) in [5.74, 6) is 0.632. The molecule has 13 heavy (non-hydrogen) atoms. The van der Waals surface area contributed by atoms with E-state index in [1.807, 2.05) is 7.05 Å². The summed E-state index contributed by atoms with van der Waals surface area (Å²) in [6.45, 7) is 7.55. The Morgan fingerprint density at radius 2 is 2.08 bits per heavy atom. The first-order valence-corrected chi connectivity index (χ1v) is 5.09. The van der Waals surface area contributed by atoms with Gasteiger partial charge in [0.2, 0.25) is 0 Å². The summed E-state index contributed by atoms with van der Waals surface area (Å²) in [7, 11) is 1.98. The Morgan fingerprint density at radius 3 is 2.46 bits per heavy atom. The zero-order valence-corrected chi connectivity index (χ0v) is 9.18. The molecule has 1 fully saturated rings. The first kappa shape index (κ1) is 10.7. The number of carbonyl (C=O) groups excluding carboxylic acids is 1. The Balaban J connectivity index is 2.82. The predicted octanol–water partition coefficient (Wildman–Crippen LogP) is 1.85. The second-order valence-electron chi connectivity index (χ2n) is 5.05. The molecule has 0 amide bonds. The van der Waals surface area contributed by atoms with Crippen LogP contribution in [0.5, 0.6) is 0 Å². The molecule has 1 aliphatic carbocycles. The number of hydrogen-bond acceptors (Lipinski definition) is 2. The standard InChI is InChI=1S/C11H21NO/c1-10(2)9(7-12-4)5-6-11(10,3)8-13/h8-9,12H,5-7H2,1-4H3. The molecule has 2 nitrogen and oxygen atoms in total. The van der Waals surface area contributed by atoms with E-state index < -0.39 is 0 Å². The van der Waals surface area contributed by atoms with Gasteiger partial charge in [-0.1, -0.05) is 20.8 Å². The van der Waals surface area contributed by atoms with Crippen LogP contribution >= 0.6 is 0 Å². The fraction of sp³-hybridized carbons (Fsp3) is 0.909. The van der Waals surface area contributed by atoms with Crippen molar-refractivity contribution >= 4 is 6.29 Å². The SMILES string of the molecule is CNCC1CCC(C)(C=O)C1(C)C. The van der Waals surface area contributed by atoms with Crippen LogP contribution in [0.3, 0.4) is 0 Å². The zero-order valence-electron chi connectivity index (χ0n) is 9.18. The highest BCUT2D eigenvalue weighted by atomic mass is 16.1. The van der Waals surface area contributed by atoms with Crippen LogP contribution in [0.25, 0.3) is 0 Å². The first-order valence-electron chi connectivity index (χ1n) is 5.09. The number of rotatable bonds is 3. The van der Waals surface area contributed by atoms with Crippen molar-refractivity contribution in [3.05, 3.63) is 0 Å². The molecule has 0 radical (unpaired) electrons. The van der Waals surface area contributed by atoms with E-state index in [-0.39, 0.29) is 10.8 Å². The molecule has 2 atom stereocenters. The molecular weight excluding hydrogens is 162 g/mol. The van der Waals surface area contributed by atoms with Crippen LogP contribution in [-0.2, 0) is 4.79 Å². The number of carbonyl (C=O) groups is 1. The largest absolute Gasteiger partial charge is 0.319 e. The van der Waals surface area contributed by atoms with Crippen molar-refractivity contribution in [2.24, 2.45) is 16.7 Å². The lowest BCUT2D eigenvalue weighted by Crippen LogP contribution is -2.38. The van der Waals surface area contributed by atoms with Gasteiger partial charge in [0.05, 0.1) is 0 Å². The van der Waals surface area contributed by atoms with Gasteiger partial charge in [-0.15, -0.1) is 0 Å². The maximum atomic E-state index is 11.1. The van der Waals surface area contributed by atoms with Gasteiger partial charge in [-0.3, -0.25) is 0 Å². The van der Waals surface area contributed by atoms with Crippen molar-refractivity contribution < 1.29 is 4.79 Å². The highest BCUT2D eigenvalue weighted by Crippen LogP contribution is 2.54. The third-order valence-electron chi connectivity index (χ3n) is 4.22. The fourth-order valence-electron chi connectivity index (χ4n) is 2.44. The normalized spacial score (nSPS) is 37.7. The van der Waals surface area contributed by atoms with E-state index in [9.17, 15) is 4.79 Å². The van der Waals surface area contributed by atoms with Crippen LogP contribution in [0.15, 0.2) is 0 Å². The van der Waals surface area contributed by atoms with Gasteiger partial charge in [0, 0.05) is 5.41 Å². The average molecular weight is 183 g/mol. The molecule has 1 aliphatic rings. The number of nitrogens with one attached hydrogen (secondary N) is 1.